The van der Waals surface area contributed by atoms with E-state index in [9.17, 15) is 4.79 Å². The molecule has 38 valence electrons. The van der Waals surface area contributed by atoms with E-state index in [1.165, 1.54) is 7.11 Å². The van der Waals surface area contributed by atoms with Crippen LogP contribution < -0.4 is 0 Å². The van der Waals surface area contributed by atoms with Crippen LogP contribution in [0.3, 0.4) is 0 Å². The Morgan fingerprint density at radius 2 is 2.43 bits per heavy atom. The van der Waals surface area contributed by atoms with Crippen LogP contribution in [-0.4, -0.2) is 36.1 Å². The summed E-state index contributed by atoms with van der Waals surface area (Å²) >= 11 is 0. The zero-order chi connectivity index (χ0) is 4.99. The molecule has 0 saturated heterocycles. The summed E-state index contributed by atoms with van der Waals surface area (Å²) in [5, 5.41) is 0. The molecule has 0 aromatic heterocycles. The molecular formula is C4H8MgO2. The molecule has 0 fully saturated rings. The minimum atomic E-state index is -0.394. The van der Waals surface area contributed by atoms with Gasteiger partial charge in [-0.15, -0.1) is 0 Å². The molecule has 0 aliphatic heterocycles. The molecule has 0 radical (unpaired) electrons. The third-order valence-corrected chi connectivity index (χ3v) is 0.368. The van der Waals surface area contributed by atoms with Crippen molar-refractivity contribution in [3.05, 3.63) is 12.7 Å². The van der Waals surface area contributed by atoms with Crippen molar-refractivity contribution in [3.8, 4) is 0 Å². The van der Waals surface area contributed by atoms with Crippen molar-refractivity contribution in [2.45, 2.75) is 0 Å². The molecule has 0 amide bonds. The van der Waals surface area contributed by atoms with Crippen molar-refractivity contribution in [1.29, 1.82) is 0 Å². The van der Waals surface area contributed by atoms with Crippen LogP contribution in [0.2, 0.25) is 0 Å². The predicted molar refractivity (Wildman–Crippen MR) is 30.2 cm³/mol. The van der Waals surface area contributed by atoms with Gasteiger partial charge in [-0.05, 0) is 0 Å². The molecule has 0 atom stereocenters. The first-order valence-electron chi connectivity index (χ1n) is 1.51. The van der Waals surface area contributed by atoms with Gasteiger partial charge in [0.15, 0.2) is 0 Å². The largest absolute Gasteiger partial charge is 2.00 e. The summed E-state index contributed by atoms with van der Waals surface area (Å²) in [7, 11) is 1.31. The van der Waals surface area contributed by atoms with E-state index < -0.39 is 5.97 Å². The Kier molecular flexibility index (Phi) is 8.59. The predicted octanol–water partition coefficient (Wildman–Crippen LogP) is 0.190. The van der Waals surface area contributed by atoms with Crippen LogP contribution in [0.4, 0.5) is 0 Å². The molecular weight excluding hydrogens is 104 g/mol. The number of esters is 1. The first kappa shape index (κ1) is 10.1. The van der Waals surface area contributed by atoms with E-state index in [2.05, 4.69) is 11.3 Å². The van der Waals surface area contributed by atoms with Crippen LogP contribution >= 0.6 is 0 Å². The van der Waals surface area contributed by atoms with Crippen molar-refractivity contribution in [2.75, 3.05) is 7.11 Å². The Balaban J connectivity index is -0.0000000417. The Morgan fingerprint density at radius 3 is 2.43 bits per heavy atom. The molecule has 3 heteroatoms. The molecule has 0 unspecified atom stereocenters. The molecule has 0 N–H and O–H groups in total. The average molecular weight is 112 g/mol. The fourth-order valence-corrected chi connectivity index (χ4v) is 0.0833. The number of rotatable bonds is 1. The van der Waals surface area contributed by atoms with Gasteiger partial charge in [-0.2, -0.15) is 0 Å². The number of methoxy groups -OCH3 is 1. The maximum atomic E-state index is 9.84. The molecule has 0 saturated carbocycles. The van der Waals surface area contributed by atoms with Crippen LogP contribution in [0.15, 0.2) is 12.7 Å². The van der Waals surface area contributed by atoms with Crippen molar-refractivity contribution in [1.82, 2.24) is 0 Å². The molecule has 0 spiro atoms. The van der Waals surface area contributed by atoms with Gasteiger partial charge in [0.25, 0.3) is 0 Å². The van der Waals surface area contributed by atoms with E-state index in [1.807, 2.05) is 0 Å². The smallest absolute Gasteiger partial charge is 1.00 e. The van der Waals surface area contributed by atoms with Gasteiger partial charge < -0.3 is 7.59 Å². The normalized spacial score (nSPS) is 5.86. The number of hydrogen-bond acceptors (Lipinski definition) is 2. The topological polar surface area (TPSA) is 26.3 Å². The Morgan fingerprint density at radius 1 is 2.00 bits per heavy atom. The maximum absolute atomic E-state index is 9.84. The van der Waals surface area contributed by atoms with E-state index in [0.29, 0.717) is 0 Å². The van der Waals surface area contributed by atoms with Gasteiger partial charge in [-0.25, -0.2) is 4.79 Å². The van der Waals surface area contributed by atoms with Crippen LogP contribution in [0.1, 0.15) is 2.85 Å². The molecule has 0 aromatic carbocycles. The van der Waals surface area contributed by atoms with E-state index in [1.54, 1.807) is 0 Å². The molecule has 0 aromatic rings. The first-order chi connectivity index (χ1) is 2.81. The second-order valence-electron chi connectivity index (χ2n) is 0.727. The van der Waals surface area contributed by atoms with Crippen molar-refractivity contribution in [2.24, 2.45) is 0 Å². The van der Waals surface area contributed by atoms with E-state index in [-0.39, 0.29) is 25.9 Å². The summed E-state index contributed by atoms with van der Waals surface area (Å²) in [5.74, 6) is -0.394. The van der Waals surface area contributed by atoms with Crippen molar-refractivity contribution >= 4 is 29.0 Å². The molecule has 0 rings (SSSR count). The van der Waals surface area contributed by atoms with E-state index >= 15 is 0 Å². The van der Waals surface area contributed by atoms with Crippen LogP contribution in [-0.2, 0) is 9.53 Å². The molecule has 2 nitrogen and oxygen atoms in total. The summed E-state index contributed by atoms with van der Waals surface area (Å²) in [5.41, 5.74) is 0. The van der Waals surface area contributed by atoms with Crippen molar-refractivity contribution in [3.63, 3.8) is 0 Å². The van der Waals surface area contributed by atoms with Gasteiger partial charge in [0.2, 0.25) is 0 Å². The average Bonchev–Trinajstić information content (AvgIpc) is 1.65. The summed E-state index contributed by atoms with van der Waals surface area (Å²) in [6.07, 6.45) is 1.11. The minimum Gasteiger partial charge on any atom is -1.00 e. The van der Waals surface area contributed by atoms with Crippen LogP contribution in [0, 0.1) is 0 Å². The van der Waals surface area contributed by atoms with Crippen LogP contribution in [0.5, 0.6) is 0 Å². The third-order valence-electron chi connectivity index (χ3n) is 0.368. The molecule has 0 aliphatic carbocycles. The Bertz CT molecular complexity index is 77.0. The maximum Gasteiger partial charge on any atom is 2.00 e. The fraction of sp³-hybridized carbons (Fsp3) is 0.250. The van der Waals surface area contributed by atoms with Gasteiger partial charge in [-0.3, -0.25) is 0 Å². The number of carbonyl (C=O) groups excluding carboxylic acids is 1. The number of hydrogen-bond donors (Lipinski definition) is 0. The van der Waals surface area contributed by atoms with Gasteiger partial charge in [-0.1, -0.05) is 6.58 Å². The first-order valence-corrected chi connectivity index (χ1v) is 1.51. The Labute approximate surface area is 61.7 Å². The standard InChI is InChI=1S/C4H6O2.Mg.2H/c1-3-4(5)6-2;;;/h3H,1H2,2H3;;;/q;+2;2*-1. The second kappa shape index (κ2) is 5.98. The Hall–Kier alpha value is -0.0238. The second-order valence-corrected chi connectivity index (χ2v) is 0.727. The quantitative estimate of drug-likeness (QED) is 0.275. The monoisotopic (exact) mass is 112 g/mol. The number of ether oxygens (including phenoxy) is 1. The van der Waals surface area contributed by atoms with Crippen molar-refractivity contribution < 1.29 is 12.4 Å². The zero-order valence-electron chi connectivity index (χ0n) is 6.31. The molecule has 0 heterocycles. The van der Waals surface area contributed by atoms with E-state index in [0.717, 1.165) is 6.08 Å². The van der Waals surface area contributed by atoms with Gasteiger partial charge in [0.05, 0.1) is 7.11 Å². The summed E-state index contributed by atoms with van der Waals surface area (Å²) in [6.45, 7) is 3.16. The van der Waals surface area contributed by atoms with Gasteiger partial charge >= 0.3 is 29.0 Å². The van der Waals surface area contributed by atoms with E-state index in [4.69, 9.17) is 0 Å². The molecule has 7 heavy (non-hydrogen) atoms. The minimum absolute atomic E-state index is 0. The van der Waals surface area contributed by atoms with Gasteiger partial charge in [0, 0.05) is 6.08 Å². The molecule has 0 aliphatic rings. The zero-order valence-corrected chi connectivity index (χ0v) is 5.72. The summed E-state index contributed by atoms with van der Waals surface area (Å²) < 4.78 is 4.14. The third kappa shape index (κ3) is 5.98. The fourth-order valence-electron chi connectivity index (χ4n) is 0.0833. The molecule has 0 bridgehead atoms. The number of carbonyl (C=O) groups is 1. The summed E-state index contributed by atoms with van der Waals surface area (Å²) in [6, 6.07) is 0. The SMILES string of the molecule is C=CC(=O)OC.[H-].[H-].[Mg+2]. The summed E-state index contributed by atoms with van der Waals surface area (Å²) in [4.78, 5) is 9.84. The van der Waals surface area contributed by atoms with Crippen LogP contribution in [0.25, 0.3) is 0 Å². The van der Waals surface area contributed by atoms with Gasteiger partial charge in [0.1, 0.15) is 0 Å².